The highest BCUT2D eigenvalue weighted by Gasteiger charge is 2.13. The standard InChI is InChI=1S/C17H19N3/c1-4-20(12-16-10-6-8-14(3)19-16)17-13(2)7-5-9-15(17)11-18/h5-10H,4,12H2,1-3H3. The maximum Gasteiger partial charge on any atom is 0.101 e. The number of nitrogens with zero attached hydrogens (tertiary/aromatic N) is 3. The second-order valence-corrected chi connectivity index (χ2v) is 4.87. The summed E-state index contributed by atoms with van der Waals surface area (Å²) in [6.45, 7) is 7.70. The zero-order valence-corrected chi connectivity index (χ0v) is 12.2. The van der Waals surface area contributed by atoms with Crippen molar-refractivity contribution in [1.82, 2.24) is 4.98 Å². The molecule has 0 unspecified atom stereocenters. The summed E-state index contributed by atoms with van der Waals surface area (Å²) in [5, 5.41) is 9.31. The van der Waals surface area contributed by atoms with Gasteiger partial charge in [-0.05, 0) is 44.5 Å². The maximum atomic E-state index is 9.31. The van der Waals surface area contributed by atoms with Crippen LogP contribution in [-0.4, -0.2) is 11.5 Å². The van der Waals surface area contributed by atoms with Crippen molar-refractivity contribution in [3.05, 3.63) is 58.9 Å². The summed E-state index contributed by atoms with van der Waals surface area (Å²) >= 11 is 0. The first-order valence-corrected chi connectivity index (χ1v) is 6.83. The van der Waals surface area contributed by atoms with E-state index in [0.29, 0.717) is 0 Å². The molecular formula is C17H19N3. The summed E-state index contributed by atoms with van der Waals surface area (Å²) in [4.78, 5) is 6.75. The predicted octanol–water partition coefficient (Wildman–Crippen LogP) is 3.60. The third-order valence-corrected chi connectivity index (χ3v) is 3.36. The van der Waals surface area contributed by atoms with Crippen molar-refractivity contribution >= 4 is 5.69 Å². The molecule has 0 saturated heterocycles. The van der Waals surface area contributed by atoms with Gasteiger partial charge in [-0.25, -0.2) is 0 Å². The van der Waals surface area contributed by atoms with Crippen LogP contribution in [0.3, 0.4) is 0 Å². The average molecular weight is 265 g/mol. The second kappa shape index (κ2) is 6.21. The van der Waals surface area contributed by atoms with Crippen LogP contribution in [0.15, 0.2) is 36.4 Å². The number of benzene rings is 1. The van der Waals surface area contributed by atoms with Crippen LogP contribution < -0.4 is 4.90 Å². The van der Waals surface area contributed by atoms with Gasteiger partial charge in [-0.2, -0.15) is 5.26 Å². The highest BCUT2D eigenvalue weighted by Crippen LogP contribution is 2.25. The Labute approximate surface area is 120 Å². The van der Waals surface area contributed by atoms with E-state index in [1.807, 2.05) is 50.2 Å². The minimum atomic E-state index is 0.720. The van der Waals surface area contributed by atoms with E-state index in [-0.39, 0.29) is 0 Å². The Bertz CT molecular complexity index is 641. The van der Waals surface area contributed by atoms with Crippen molar-refractivity contribution in [2.24, 2.45) is 0 Å². The fourth-order valence-corrected chi connectivity index (χ4v) is 2.40. The molecule has 1 aromatic carbocycles. The molecule has 0 aliphatic heterocycles. The van der Waals surface area contributed by atoms with Crippen LogP contribution in [0.4, 0.5) is 5.69 Å². The Balaban J connectivity index is 2.36. The molecule has 2 aromatic rings. The molecule has 0 bridgehead atoms. The van der Waals surface area contributed by atoms with Crippen molar-refractivity contribution < 1.29 is 0 Å². The average Bonchev–Trinajstić information content (AvgIpc) is 2.45. The van der Waals surface area contributed by atoms with Crippen LogP contribution in [0.25, 0.3) is 0 Å². The summed E-state index contributed by atoms with van der Waals surface area (Å²) in [5.74, 6) is 0. The first-order chi connectivity index (χ1) is 9.65. The molecule has 1 aromatic heterocycles. The first kappa shape index (κ1) is 14.1. The molecule has 0 saturated carbocycles. The van der Waals surface area contributed by atoms with E-state index in [1.54, 1.807) is 0 Å². The Morgan fingerprint density at radius 1 is 1.15 bits per heavy atom. The van der Waals surface area contributed by atoms with Crippen molar-refractivity contribution in [3.8, 4) is 6.07 Å². The van der Waals surface area contributed by atoms with Crippen LogP contribution in [0.5, 0.6) is 0 Å². The van der Waals surface area contributed by atoms with Gasteiger partial charge in [0.25, 0.3) is 0 Å². The Hall–Kier alpha value is -2.34. The summed E-state index contributed by atoms with van der Waals surface area (Å²) in [5.41, 5.74) is 4.90. The van der Waals surface area contributed by atoms with E-state index >= 15 is 0 Å². The zero-order chi connectivity index (χ0) is 14.5. The molecule has 102 valence electrons. The van der Waals surface area contributed by atoms with E-state index in [9.17, 15) is 5.26 Å². The molecule has 0 aliphatic carbocycles. The lowest BCUT2D eigenvalue weighted by molar-refractivity contribution is 0.801. The third kappa shape index (κ3) is 2.97. The number of anilines is 1. The van der Waals surface area contributed by atoms with Crippen LogP contribution in [0, 0.1) is 25.2 Å². The molecule has 0 fully saturated rings. The molecule has 0 spiro atoms. The van der Waals surface area contributed by atoms with Crippen molar-refractivity contribution in [1.29, 1.82) is 5.26 Å². The molecule has 0 radical (unpaired) electrons. The molecule has 20 heavy (non-hydrogen) atoms. The number of aryl methyl sites for hydroxylation is 2. The number of nitriles is 1. The van der Waals surface area contributed by atoms with Gasteiger partial charge in [0.05, 0.1) is 23.5 Å². The molecule has 2 rings (SSSR count). The Morgan fingerprint density at radius 3 is 2.55 bits per heavy atom. The summed E-state index contributed by atoms with van der Waals surface area (Å²) in [6.07, 6.45) is 0. The second-order valence-electron chi connectivity index (χ2n) is 4.87. The number of para-hydroxylation sites is 1. The molecule has 0 atom stereocenters. The lowest BCUT2D eigenvalue weighted by Gasteiger charge is -2.25. The van der Waals surface area contributed by atoms with Gasteiger partial charge < -0.3 is 4.90 Å². The predicted molar refractivity (Wildman–Crippen MR) is 81.6 cm³/mol. The van der Waals surface area contributed by atoms with Gasteiger partial charge in [-0.1, -0.05) is 18.2 Å². The van der Waals surface area contributed by atoms with E-state index in [2.05, 4.69) is 22.9 Å². The number of hydrogen-bond acceptors (Lipinski definition) is 3. The Kier molecular flexibility index (Phi) is 4.37. The number of hydrogen-bond donors (Lipinski definition) is 0. The highest BCUT2D eigenvalue weighted by molar-refractivity contribution is 5.64. The molecule has 3 heteroatoms. The first-order valence-electron chi connectivity index (χ1n) is 6.83. The van der Waals surface area contributed by atoms with Gasteiger partial charge >= 0.3 is 0 Å². The SMILES string of the molecule is CCN(Cc1cccc(C)n1)c1c(C)cccc1C#N. The normalized spacial score (nSPS) is 10.1. The third-order valence-electron chi connectivity index (χ3n) is 3.36. The van der Waals surface area contributed by atoms with Crippen LogP contribution in [-0.2, 0) is 6.54 Å². The van der Waals surface area contributed by atoms with E-state index in [4.69, 9.17) is 0 Å². The van der Waals surface area contributed by atoms with Gasteiger partial charge in [0.1, 0.15) is 6.07 Å². The number of rotatable bonds is 4. The summed E-state index contributed by atoms with van der Waals surface area (Å²) in [6, 6.07) is 14.2. The molecule has 3 nitrogen and oxygen atoms in total. The largest absolute Gasteiger partial charge is 0.365 e. The van der Waals surface area contributed by atoms with Gasteiger partial charge in [0.15, 0.2) is 0 Å². The Morgan fingerprint density at radius 2 is 1.90 bits per heavy atom. The molecular weight excluding hydrogens is 246 g/mol. The minimum Gasteiger partial charge on any atom is -0.365 e. The van der Waals surface area contributed by atoms with E-state index < -0.39 is 0 Å². The number of pyridine rings is 1. The fraction of sp³-hybridized carbons (Fsp3) is 0.294. The molecule has 0 amide bonds. The van der Waals surface area contributed by atoms with Gasteiger partial charge in [-0.15, -0.1) is 0 Å². The smallest absolute Gasteiger partial charge is 0.101 e. The molecule has 0 N–H and O–H groups in total. The quantitative estimate of drug-likeness (QED) is 0.848. The summed E-state index contributed by atoms with van der Waals surface area (Å²) < 4.78 is 0. The van der Waals surface area contributed by atoms with Gasteiger partial charge in [0.2, 0.25) is 0 Å². The molecule has 0 aliphatic rings. The van der Waals surface area contributed by atoms with Crippen LogP contribution >= 0.6 is 0 Å². The summed E-state index contributed by atoms with van der Waals surface area (Å²) in [7, 11) is 0. The topological polar surface area (TPSA) is 39.9 Å². The lowest BCUT2D eigenvalue weighted by Crippen LogP contribution is -2.24. The van der Waals surface area contributed by atoms with Gasteiger partial charge in [0, 0.05) is 12.2 Å². The van der Waals surface area contributed by atoms with E-state index in [1.165, 1.54) is 0 Å². The lowest BCUT2D eigenvalue weighted by atomic mass is 10.1. The van der Waals surface area contributed by atoms with Gasteiger partial charge in [-0.3, -0.25) is 4.98 Å². The van der Waals surface area contributed by atoms with Crippen LogP contribution in [0.1, 0.15) is 29.4 Å². The van der Waals surface area contributed by atoms with Crippen molar-refractivity contribution in [3.63, 3.8) is 0 Å². The maximum absolute atomic E-state index is 9.31. The fourth-order valence-electron chi connectivity index (χ4n) is 2.40. The molecule has 1 heterocycles. The van der Waals surface area contributed by atoms with Crippen LogP contribution in [0.2, 0.25) is 0 Å². The minimum absolute atomic E-state index is 0.720. The van der Waals surface area contributed by atoms with E-state index in [0.717, 1.165) is 41.3 Å². The zero-order valence-electron chi connectivity index (χ0n) is 12.2. The van der Waals surface area contributed by atoms with Crippen molar-refractivity contribution in [2.75, 3.05) is 11.4 Å². The number of aromatic nitrogens is 1. The van der Waals surface area contributed by atoms with Crippen molar-refractivity contribution in [2.45, 2.75) is 27.3 Å². The monoisotopic (exact) mass is 265 g/mol. The highest BCUT2D eigenvalue weighted by atomic mass is 15.1.